The van der Waals surface area contributed by atoms with Crippen molar-refractivity contribution in [1.82, 2.24) is 25.0 Å². The minimum atomic E-state index is -4.37. The number of carbonyl (C=O) groups excluding carboxylic acids is 1. The predicted molar refractivity (Wildman–Crippen MR) is 101 cm³/mol. The van der Waals surface area contributed by atoms with E-state index in [-0.39, 0.29) is 18.6 Å². The van der Waals surface area contributed by atoms with Gasteiger partial charge in [-0.05, 0) is 42.3 Å². The third-order valence-corrected chi connectivity index (χ3v) is 4.46. The van der Waals surface area contributed by atoms with Crippen LogP contribution in [0.25, 0.3) is 5.69 Å². The molecule has 0 saturated carbocycles. The molecule has 0 bridgehead atoms. The van der Waals surface area contributed by atoms with Crippen LogP contribution in [0.15, 0.2) is 61.2 Å². The number of alkyl halides is 3. The summed E-state index contributed by atoms with van der Waals surface area (Å²) in [6.45, 7) is 2.05. The molecule has 6 nitrogen and oxygen atoms in total. The maximum Gasteiger partial charge on any atom is 0.416 e. The van der Waals surface area contributed by atoms with Crippen LogP contribution in [-0.4, -0.2) is 32.7 Å². The van der Waals surface area contributed by atoms with Gasteiger partial charge in [-0.1, -0.05) is 24.3 Å². The summed E-state index contributed by atoms with van der Waals surface area (Å²) in [5.74, 6) is 0. The fourth-order valence-corrected chi connectivity index (χ4v) is 2.78. The van der Waals surface area contributed by atoms with E-state index in [0.29, 0.717) is 5.56 Å². The summed E-state index contributed by atoms with van der Waals surface area (Å²) in [4.78, 5) is 17.7. The van der Waals surface area contributed by atoms with Crippen LogP contribution < -0.4 is 5.32 Å². The third-order valence-electron chi connectivity index (χ3n) is 4.46. The van der Waals surface area contributed by atoms with Crippen molar-refractivity contribution in [3.05, 3.63) is 77.9 Å². The number of nitrogens with one attached hydrogen (secondary N) is 1. The lowest BCUT2D eigenvalue weighted by molar-refractivity contribution is -0.137. The van der Waals surface area contributed by atoms with Gasteiger partial charge < -0.3 is 10.2 Å². The standard InChI is InChI=1S/C20H20F3N5O/c1-14(16-5-9-18(10-6-16)28-13-24-12-25-28)26-19(29)27(2)11-15-3-7-17(8-4-15)20(21,22)23/h3-10,12-14H,11H2,1-2H3,(H,26,29). The summed E-state index contributed by atoms with van der Waals surface area (Å²) in [6.07, 6.45) is -1.33. The number of hydrogen-bond acceptors (Lipinski definition) is 3. The predicted octanol–water partition coefficient (Wildman–Crippen LogP) is 4.19. The SMILES string of the molecule is CC(NC(=O)N(C)Cc1ccc(C(F)(F)F)cc1)c1ccc(-n2cncn2)cc1. The van der Waals surface area contributed by atoms with Gasteiger partial charge in [-0.2, -0.15) is 18.3 Å². The smallest absolute Gasteiger partial charge is 0.331 e. The van der Waals surface area contributed by atoms with Crippen LogP contribution in [0.3, 0.4) is 0 Å². The van der Waals surface area contributed by atoms with Crippen LogP contribution in [0.1, 0.15) is 29.7 Å². The molecule has 1 unspecified atom stereocenters. The molecule has 152 valence electrons. The van der Waals surface area contributed by atoms with Crippen LogP contribution in [0.4, 0.5) is 18.0 Å². The Labute approximate surface area is 166 Å². The van der Waals surface area contributed by atoms with Crippen LogP contribution in [-0.2, 0) is 12.7 Å². The van der Waals surface area contributed by atoms with Gasteiger partial charge >= 0.3 is 12.2 Å². The van der Waals surface area contributed by atoms with Gasteiger partial charge in [0, 0.05) is 13.6 Å². The van der Waals surface area contributed by atoms with Crippen LogP contribution in [0.5, 0.6) is 0 Å². The lowest BCUT2D eigenvalue weighted by atomic mass is 10.1. The lowest BCUT2D eigenvalue weighted by Crippen LogP contribution is -2.38. The average Bonchev–Trinajstić information content (AvgIpc) is 3.22. The minimum Gasteiger partial charge on any atom is -0.331 e. The van der Waals surface area contributed by atoms with Gasteiger partial charge in [0.15, 0.2) is 0 Å². The summed E-state index contributed by atoms with van der Waals surface area (Å²) >= 11 is 0. The quantitative estimate of drug-likeness (QED) is 0.695. The van der Waals surface area contributed by atoms with E-state index in [1.807, 2.05) is 31.2 Å². The number of amides is 2. The molecule has 3 rings (SSSR count). The number of rotatable bonds is 5. The third kappa shape index (κ3) is 5.13. The molecule has 1 N–H and O–H groups in total. The maximum atomic E-state index is 12.6. The highest BCUT2D eigenvalue weighted by Crippen LogP contribution is 2.29. The van der Waals surface area contributed by atoms with E-state index in [2.05, 4.69) is 15.4 Å². The molecule has 0 radical (unpaired) electrons. The summed E-state index contributed by atoms with van der Waals surface area (Å²) in [6, 6.07) is 11.7. The molecule has 3 aromatic rings. The molecule has 0 aliphatic rings. The zero-order valence-corrected chi connectivity index (χ0v) is 15.9. The first-order valence-corrected chi connectivity index (χ1v) is 8.87. The van der Waals surface area contributed by atoms with Crippen molar-refractivity contribution >= 4 is 6.03 Å². The molecule has 2 aromatic carbocycles. The molecule has 9 heteroatoms. The lowest BCUT2D eigenvalue weighted by Gasteiger charge is -2.22. The fraction of sp³-hybridized carbons (Fsp3) is 0.250. The first-order valence-electron chi connectivity index (χ1n) is 8.87. The van der Waals surface area contributed by atoms with Gasteiger partial charge in [0.2, 0.25) is 0 Å². The summed E-state index contributed by atoms with van der Waals surface area (Å²) in [7, 11) is 1.59. The number of nitrogens with zero attached hydrogens (tertiary/aromatic N) is 4. The van der Waals surface area contributed by atoms with Gasteiger partial charge in [-0.15, -0.1) is 0 Å². The molecule has 0 spiro atoms. The molecule has 1 heterocycles. The Bertz CT molecular complexity index is 938. The van der Waals surface area contributed by atoms with Crippen molar-refractivity contribution in [2.45, 2.75) is 25.7 Å². The van der Waals surface area contributed by atoms with E-state index in [0.717, 1.165) is 23.4 Å². The molecular formula is C20H20F3N5O. The maximum absolute atomic E-state index is 12.6. The zero-order valence-electron chi connectivity index (χ0n) is 15.9. The molecule has 2 amide bonds. The number of carbonyl (C=O) groups is 1. The largest absolute Gasteiger partial charge is 0.416 e. The molecule has 1 aromatic heterocycles. The normalized spacial score (nSPS) is 12.4. The van der Waals surface area contributed by atoms with Crippen molar-refractivity contribution in [2.24, 2.45) is 0 Å². The zero-order chi connectivity index (χ0) is 21.0. The average molecular weight is 403 g/mol. The second kappa shape index (κ2) is 8.34. The summed E-state index contributed by atoms with van der Waals surface area (Å²) in [5.41, 5.74) is 1.66. The molecule has 0 fully saturated rings. The molecule has 0 aliphatic carbocycles. The van der Waals surface area contributed by atoms with Gasteiger partial charge in [0.05, 0.1) is 17.3 Å². The molecule has 0 aliphatic heterocycles. The van der Waals surface area contributed by atoms with Crippen molar-refractivity contribution in [3.63, 3.8) is 0 Å². The summed E-state index contributed by atoms with van der Waals surface area (Å²) in [5, 5.41) is 6.94. The molecule has 0 saturated heterocycles. The Balaban J connectivity index is 1.57. The van der Waals surface area contributed by atoms with Gasteiger partial charge in [-0.25, -0.2) is 14.5 Å². The van der Waals surface area contributed by atoms with E-state index < -0.39 is 11.7 Å². The summed E-state index contributed by atoms with van der Waals surface area (Å²) < 4.78 is 39.5. The second-order valence-electron chi connectivity index (χ2n) is 6.65. The first kappa shape index (κ1) is 20.4. The van der Waals surface area contributed by atoms with E-state index >= 15 is 0 Å². The van der Waals surface area contributed by atoms with E-state index in [4.69, 9.17) is 0 Å². The van der Waals surface area contributed by atoms with Crippen molar-refractivity contribution < 1.29 is 18.0 Å². The van der Waals surface area contributed by atoms with Crippen molar-refractivity contribution in [2.75, 3.05) is 7.05 Å². The van der Waals surface area contributed by atoms with E-state index in [1.165, 1.54) is 23.4 Å². The highest BCUT2D eigenvalue weighted by molar-refractivity contribution is 5.74. The highest BCUT2D eigenvalue weighted by atomic mass is 19.4. The monoisotopic (exact) mass is 403 g/mol. The minimum absolute atomic E-state index is 0.196. The van der Waals surface area contributed by atoms with E-state index in [9.17, 15) is 18.0 Å². The van der Waals surface area contributed by atoms with Crippen molar-refractivity contribution in [1.29, 1.82) is 0 Å². The Morgan fingerprint density at radius 3 is 2.34 bits per heavy atom. The Morgan fingerprint density at radius 1 is 1.14 bits per heavy atom. The number of urea groups is 1. The number of hydrogen-bond donors (Lipinski definition) is 1. The molecule has 29 heavy (non-hydrogen) atoms. The van der Waals surface area contributed by atoms with Crippen molar-refractivity contribution in [3.8, 4) is 5.69 Å². The van der Waals surface area contributed by atoms with Crippen LogP contribution in [0.2, 0.25) is 0 Å². The topological polar surface area (TPSA) is 63.1 Å². The first-order chi connectivity index (χ1) is 13.7. The van der Waals surface area contributed by atoms with Gasteiger partial charge in [-0.3, -0.25) is 0 Å². The molecular weight excluding hydrogens is 383 g/mol. The Morgan fingerprint density at radius 2 is 1.79 bits per heavy atom. The number of benzene rings is 2. The Hall–Kier alpha value is -3.36. The van der Waals surface area contributed by atoms with E-state index in [1.54, 1.807) is 18.1 Å². The highest BCUT2D eigenvalue weighted by Gasteiger charge is 2.30. The van der Waals surface area contributed by atoms with Crippen LogP contribution in [0, 0.1) is 0 Å². The fourth-order valence-electron chi connectivity index (χ4n) is 2.78. The number of aromatic nitrogens is 3. The van der Waals surface area contributed by atoms with Gasteiger partial charge in [0.25, 0.3) is 0 Å². The van der Waals surface area contributed by atoms with Gasteiger partial charge in [0.1, 0.15) is 12.7 Å². The number of halogens is 3. The molecule has 1 atom stereocenters. The Kier molecular flexibility index (Phi) is 5.86. The second-order valence-corrected chi connectivity index (χ2v) is 6.65. The van der Waals surface area contributed by atoms with Crippen LogP contribution >= 0.6 is 0 Å².